The molecule has 0 radical (unpaired) electrons. The van der Waals surface area contributed by atoms with Crippen molar-refractivity contribution in [3.63, 3.8) is 0 Å². The maximum Gasteiger partial charge on any atom is 0.254 e. The standard InChI is InChI=1S/C22H27N3O5/c1-28-18-12-17(13-19(29-2)20(18)30-3)22(27)25-10-6-16(7-11-25)21(26)24-14-15-4-8-23-9-5-15/h4-5,8-9,12-13,16H,6-7,10-11,14H2,1-3H3,(H,24,26). The number of methoxy groups -OCH3 is 3. The van der Waals surface area contributed by atoms with Crippen molar-refractivity contribution < 1.29 is 23.8 Å². The van der Waals surface area contributed by atoms with Crippen molar-refractivity contribution in [3.8, 4) is 17.2 Å². The lowest BCUT2D eigenvalue weighted by atomic mass is 9.95. The van der Waals surface area contributed by atoms with Crippen molar-refractivity contribution in [1.82, 2.24) is 15.2 Å². The van der Waals surface area contributed by atoms with Crippen LogP contribution in [0.4, 0.5) is 0 Å². The lowest BCUT2D eigenvalue weighted by Crippen LogP contribution is -2.42. The van der Waals surface area contributed by atoms with Crippen LogP contribution >= 0.6 is 0 Å². The Morgan fingerprint density at radius 2 is 1.63 bits per heavy atom. The fourth-order valence-corrected chi connectivity index (χ4v) is 3.57. The molecular weight excluding hydrogens is 386 g/mol. The second-order valence-corrected chi connectivity index (χ2v) is 7.05. The van der Waals surface area contributed by atoms with Gasteiger partial charge >= 0.3 is 0 Å². The van der Waals surface area contributed by atoms with Gasteiger partial charge in [-0.2, -0.15) is 0 Å². The number of ether oxygens (including phenoxy) is 3. The molecule has 1 aliphatic heterocycles. The third kappa shape index (κ3) is 4.82. The number of amides is 2. The summed E-state index contributed by atoms with van der Waals surface area (Å²) in [5, 5.41) is 2.97. The first-order valence-corrected chi connectivity index (χ1v) is 9.83. The van der Waals surface area contributed by atoms with E-state index in [4.69, 9.17) is 14.2 Å². The van der Waals surface area contributed by atoms with E-state index < -0.39 is 0 Å². The summed E-state index contributed by atoms with van der Waals surface area (Å²) in [6, 6.07) is 7.05. The largest absolute Gasteiger partial charge is 0.493 e. The summed E-state index contributed by atoms with van der Waals surface area (Å²) in [7, 11) is 4.55. The van der Waals surface area contributed by atoms with Crippen LogP contribution in [-0.2, 0) is 11.3 Å². The van der Waals surface area contributed by atoms with Gasteiger partial charge in [0.25, 0.3) is 5.91 Å². The number of aromatic nitrogens is 1. The highest BCUT2D eigenvalue weighted by Gasteiger charge is 2.28. The topological polar surface area (TPSA) is 90.0 Å². The molecule has 160 valence electrons. The second kappa shape index (κ2) is 9.96. The molecule has 8 nitrogen and oxygen atoms in total. The minimum atomic E-state index is -0.120. The molecular formula is C22H27N3O5. The Bertz CT molecular complexity index is 855. The third-order valence-electron chi connectivity index (χ3n) is 5.28. The molecule has 0 bridgehead atoms. The lowest BCUT2D eigenvalue weighted by Gasteiger charge is -2.31. The molecule has 0 atom stereocenters. The molecule has 1 aromatic heterocycles. The Labute approximate surface area is 176 Å². The quantitative estimate of drug-likeness (QED) is 0.749. The fraction of sp³-hybridized carbons (Fsp3) is 0.409. The molecule has 1 fully saturated rings. The van der Waals surface area contributed by atoms with Crippen LogP contribution in [0.25, 0.3) is 0 Å². The molecule has 2 amide bonds. The van der Waals surface area contributed by atoms with Crippen molar-refractivity contribution in [2.75, 3.05) is 34.4 Å². The molecule has 0 saturated carbocycles. The van der Waals surface area contributed by atoms with Crippen molar-refractivity contribution in [2.45, 2.75) is 19.4 Å². The predicted molar refractivity (Wildman–Crippen MR) is 111 cm³/mol. The number of carbonyl (C=O) groups is 2. The maximum absolute atomic E-state index is 13.0. The summed E-state index contributed by atoms with van der Waals surface area (Å²) in [4.78, 5) is 31.2. The first kappa shape index (κ1) is 21.4. The zero-order valence-electron chi connectivity index (χ0n) is 17.5. The van der Waals surface area contributed by atoms with E-state index in [1.165, 1.54) is 21.3 Å². The Kier molecular flexibility index (Phi) is 7.11. The first-order valence-electron chi connectivity index (χ1n) is 9.83. The van der Waals surface area contributed by atoms with Gasteiger partial charge in [0.05, 0.1) is 21.3 Å². The van der Waals surface area contributed by atoms with E-state index in [0.717, 1.165) is 5.56 Å². The van der Waals surface area contributed by atoms with Crippen LogP contribution in [-0.4, -0.2) is 56.1 Å². The van der Waals surface area contributed by atoms with Crippen LogP contribution in [0.15, 0.2) is 36.7 Å². The number of hydrogen-bond acceptors (Lipinski definition) is 6. The summed E-state index contributed by atoms with van der Waals surface area (Å²) < 4.78 is 16.0. The third-order valence-corrected chi connectivity index (χ3v) is 5.28. The van der Waals surface area contributed by atoms with Crippen molar-refractivity contribution in [2.24, 2.45) is 5.92 Å². The Balaban J connectivity index is 1.59. The van der Waals surface area contributed by atoms with Crippen LogP contribution in [0, 0.1) is 5.92 Å². The van der Waals surface area contributed by atoms with Crippen LogP contribution in [0.5, 0.6) is 17.2 Å². The fourth-order valence-electron chi connectivity index (χ4n) is 3.57. The summed E-state index contributed by atoms with van der Waals surface area (Å²) in [5.74, 6) is 1.12. The summed E-state index contributed by atoms with van der Waals surface area (Å²) in [5.41, 5.74) is 1.47. The Morgan fingerprint density at radius 1 is 1.03 bits per heavy atom. The average Bonchev–Trinajstić information content (AvgIpc) is 2.81. The molecule has 1 aromatic carbocycles. The van der Waals surface area contributed by atoms with Gasteiger partial charge in [-0.1, -0.05) is 0 Å². The molecule has 1 aliphatic rings. The lowest BCUT2D eigenvalue weighted by molar-refractivity contribution is -0.126. The van der Waals surface area contributed by atoms with E-state index in [-0.39, 0.29) is 17.7 Å². The highest BCUT2D eigenvalue weighted by molar-refractivity contribution is 5.96. The second-order valence-electron chi connectivity index (χ2n) is 7.05. The number of nitrogens with one attached hydrogen (secondary N) is 1. The predicted octanol–water partition coefficient (Wildman–Crippen LogP) is 2.28. The molecule has 0 aliphatic carbocycles. The molecule has 2 heterocycles. The zero-order chi connectivity index (χ0) is 21.5. The van der Waals surface area contributed by atoms with Crippen molar-refractivity contribution >= 4 is 11.8 Å². The molecule has 2 aromatic rings. The van der Waals surface area contributed by atoms with Crippen LogP contribution in [0.1, 0.15) is 28.8 Å². The van der Waals surface area contributed by atoms with Crippen LogP contribution in [0.3, 0.4) is 0 Å². The molecule has 1 saturated heterocycles. The number of nitrogens with zero attached hydrogens (tertiary/aromatic N) is 2. The van der Waals surface area contributed by atoms with Crippen LogP contribution < -0.4 is 19.5 Å². The molecule has 0 spiro atoms. The minimum absolute atomic E-state index is 0.0201. The van der Waals surface area contributed by atoms with Gasteiger partial charge in [0.15, 0.2) is 11.5 Å². The average molecular weight is 413 g/mol. The Hall–Kier alpha value is -3.29. The highest BCUT2D eigenvalue weighted by atomic mass is 16.5. The molecule has 8 heteroatoms. The van der Waals surface area contributed by atoms with Gasteiger partial charge in [-0.25, -0.2) is 0 Å². The van der Waals surface area contributed by atoms with E-state index in [0.29, 0.717) is 55.3 Å². The van der Waals surface area contributed by atoms with Gasteiger partial charge < -0.3 is 24.4 Å². The van der Waals surface area contributed by atoms with E-state index >= 15 is 0 Å². The Morgan fingerprint density at radius 3 is 2.17 bits per heavy atom. The number of likely N-dealkylation sites (tertiary alicyclic amines) is 1. The zero-order valence-corrected chi connectivity index (χ0v) is 17.5. The monoisotopic (exact) mass is 413 g/mol. The molecule has 3 rings (SSSR count). The number of benzene rings is 1. The number of piperidine rings is 1. The summed E-state index contributed by atoms with van der Waals surface area (Å²) in [6.07, 6.45) is 4.65. The molecule has 30 heavy (non-hydrogen) atoms. The van der Waals surface area contributed by atoms with E-state index in [1.54, 1.807) is 29.4 Å². The van der Waals surface area contributed by atoms with E-state index in [9.17, 15) is 9.59 Å². The van der Waals surface area contributed by atoms with E-state index in [2.05, 4.69) is 10.3 Å². The SMILES string of the molecule is COc1cc(C(=O)N2CCC(C(=O)NCc3ccncc3)CC2)cc(OC)c1OC. The highest BCUT2D eigenvalue weighted by Crippen LogP contribution is 2.38. The van der Waals surface area contributed by atoms with Gasteiger partial charge in [-0.05, 0) is 42.7 Å². The summed E-state index contributed by atoms with van der Waals surface area (Å²) >= 11 is 0. The number of rotatable bonds is 7. The van der Waals surface area contributed by atoms with Gasteiger partial charge in [0.1, 0.15) is 0 Å². The van der Waals surface area contributed by atoms with Gasteiger partial charge in [0.2, 0.25) is 11.7 Å². The minimum Gasteiger partial charge on any atom is -0.493 e. The molecule has 0 unspecified atom stereocenters. The van der Waals surface area contributed by atoms with Crippen molar-refractivity contribution in [1.29, 1.82) is 0 Å². The first-order chi connectivity index (χ1) is 14.6. The van der Waals surface area contributed by atoms with Gasteiger partial charge in [-0.3, -0.25) is 14.6 Å². The van der Waals surface area contributed by atoms with Crippen molar-refractivity contribution in [3.05, 3.63) is 47.8 Å². The van der Waals surface area contributed by atoms with Gasteiger partial charge in [-0.15, -0.1) is 0 Å². The summed E-state index contributed by atoms with van der Waals surface area (Å²) in [6.45, 7) is 1.51. The van der Waals surface area contributed by atoms with Gasteiger partial charge in [0, 0.05) is 43.5 Å². The molecule has 1 N–H and O–H groups in total. The van der Waals surface area contributed by atoms with E-state index in [1.807, 2.05) is 12.1 Å². The number of carbonyl (C=O) groups excluding carboxylic acids is 2. The number of hydrogen-bond donors (Lipinski definition) is 1. The number of pyridine rings is 1. The maximum atomic E-state index is 13.0. The smallest absolute Gasteiger partial charge is 0.254 e. The van der Waals surface area contributed by atoms with Crippen LogP contribution in [0.2, 0.25) is 0 Å². The normalized spacial score (nSPS) is 14.2.